The highest BCUT2D eigenvalue weighted by Crippen LogP contribution is 2.26. The van der Waals surface area contributed by atoms with Crippen molar-refractivity contribution < 1.29 is 4.79 Å². The second kappa shape index (κ2) is 6.21. The molecule has 20 heavy (non-hydrogen) atoms. The van der Waals surface area contributed by atoms with Gasteiger partial charge in [-0.25, -0.2) is 10.8 Å². The largest absolute Gasteiger partial charge is 0.333 e. The Morgan fingerprint density at radius 3 is 2.85 bits per heavy atom. The number of pyridine rings is 1. The van der Waals surface area contributed by atoms with Crippen LogP contribution in [0.5, 0.6) is 0 Å². The standard InChI is InChI=1S/C13H15ClN4OS/c1-8(10-4-3-7-20-10)18(2)13(19)12-9(14)5-6-11(16-12)17-15/h3-8H,15H2,1-2H3,(H,16,17). The van der Waals surface area contributed by atoms with E-state index >= 15 is 0 Å². The van der Waals surface area contributed by atoms with E-state index in [1.807, 2.05) is 24.4 Å². The maximum absolute atomic E-state index is 12.5. The maximum Gasteiger partial charge on any atom is 0.274 e. The van der Waals surface area contributed by atoms with Crippen LogP contribution in [0.4, 0.5) is 5.82 Å². The molecule has 2 aromatic rings. The van der Waals surface area contributed by atoms with E-state index in [0.717, 1.165) is 4.88 Å². The van der Waals surface area contributed by atoms with Gasteiger partial charge in [-0.3, -0.25) is 4.79 Å². The number of nitrogens with zero attached hydrogens (tertiary/aromatic N) is 2. The molecule has 106 valence electrons. The molecule has 0 aliphatic heterocycles. The van der Waals surface area contributed by atoms with E-state index in [2.05, 4.69) is 10.4 Å². The van der Waals surface area contributed by atoms with Crippen LogP contribution < -0.4 is 11.3 Å². The molecule has 5 nitrogen and oxygen atoms in total. The van der Waals surface area contributed by atoms with E-state index in [9.17, 15) is 4.79 Å². The predicted molar refractivity (Wildman–Crippen MR) is 81.9 cm³/mol. The quantitative estimate of drug-likeness (QED) is 0.673. The maximum atomic E-state index is 12.5. The first-order chi connectivity index (χ1) is 9.54. The molecule has 0 bridgehead atoms. The molecule has 1 unspecified atom stereocenters. The van der Waals surface area contributed by atoms with Gasteiger partial charge in [0.2, 0.25) is 0 Å². The summed E-state index contributed by atoms with van der Waals surface area (Å²) in [5.41, 5.74) is 2.59. The molecule has 1 amide bonds. The summed E-state index contributed by atoms with van der Waals surface area (Å²) >= 11 is 7.65. The Kier molecular flexibility index (Phi) is 4.59. The zero-order valence-electron chi connectivity index (χ0n) is 11.1. The number of hydrazine groups is 1. The van der Waals surface area contributed by atoms with Crippen molar-refractivity contribution in [1.29, 1.82) is 0 Å². The monoisotopic (exact) mass is 310 g/mol. The zero-order valence-corrected chi connectivity index (χ0v) is 12.7. The summed E-state index contributed by atoms with van der Waals surface area (Å²) in [4.78, 5) is 19.3. The number of anilines is 1. The van der Waals surface area contributed by atoms with Gasteiger partial charge >= 0.3 is 0 Å². The third-order valence-corrected chi connectivity index (χ3v) is 4.40. The number of nitrogens with two attached hydrogens (primary N) is 1. The molecule has 0 saturated heterocycles. The van der Waals surface area contributed by atoms with E-state index in [1.165, 1.54) is 0 Å². The molecule has 0 radical (unpaired) electrons. The van der Waals surface area contributed by atoms with E-state index in [4.69, 9.17) is 17.4 Å². The molecule has 0 aromatic carbocycles. The number of hydrogen-bond donors (Lipinski definition) is 2. The minimum Gasteiger partial charge on any atom is -0.333 e. The Morgan fingerprint density at radius 1 is 1.50 bits per heavy atom. The molecule has 0 aliphatic rings. The Balaban J connectivity index is 2.26. The van der Waals surface area contributed by atoms with Gasteiger partial charge in [-0.2, -0.15) is 0 Å². The molecule has 0 aliphatic carbocycles. The van der Waals surface area contributed by atoms with Crippen molar-refractivity contribution in [3.05, 3.63) is 45.2 Å². The highest BCUT2D eigenvalue weighted by Gasteiger charge is 2.23. The lowest BCUT2D eigenvalue weighted by Gasteiger charge is -2.24. The first-order valence-corrected chi connectivity index (χ1v) is 7.24. The number of carbonyl (C=O) groups is 1. The third-order valence-electron chi connectivity index (χ3n) is 3.05. The lowest BCUT2D eigenvalue weighted by Crippen LogP contribution is -2.30. The predicted octanol–water partition coefficient (Wildman–Crippen LogP) is 2.92. The fourth-order valence-corrected chi connectivity index (χ4v) is 2.75. The number of rotatable bonds is 4. The van der Waals surface area contributed by atoms with Crippen molar-refractivity contribution in [2.45, 2.75) is 13.0 Å². The molecule has 2 rings (SSSR count). The highest BCUT2D eigenvalue weighted by molar-refractivity contribution is 7.10. The summed E-state index contributed by atoms with van der Waals surface area (Å²) < 4.78 is 0. The number of nitrogens with one attached hydrogen (secondary N) is 1. The Morgan fingerprint density at radius 2 is 2.25 bits per heavy atom. The number of aromatic nitrogens is 1. The molecule has 1 atom stereocenters. The Bertz CT molecular complexity index is 602. The van der Waals surface area contributed by atoms with Gasteiger partial charge in [0, 0.05) is 11.9 Å². The summed E-state index contributed by atoms with van der Waals surface area (Å²) in [7, 11) is 1.73. The van der Waals surface area contributed by atoms with E-state index in [1.54, 1.807) is 35.4 Å². The molecular weight excluding hydrogens is 296 g/mol. The van der Waals surface area contributed by atoms with Gasteiger partial charge in [0.05, 0.1) is 11.1 Å². The molecule has 7 heteroatoms. The van der Waals surface area contributed by atoms with Crippen LogP contribution in [0.25, 0.3) is 0 Å². The summed E-state index contributed by atoms with van der Waals surface area (Å²) in [6.07, 6.45) is 0. The smallest absolute Gasteiger partial charge is 0.274 e. The summed E-state index contributed by atoms with van der Waals surface area (Å²) in [6.45, 7) is 1.96. The van der Waals surface area contributed by atoms with Crippen molar-refractivity contribution in [3.8, 4) is 0 Å². The van der Waals surface area contributed by atoms with Gasteiger partial charge in [-0.05, 0) is 30.5 Å². The molecule has 2 aromatic heterocycles. The summed E-state index contributed by atoms with van der Waals surface area (Å²) in [5, 5.41) is 2.29. The lowest BCUT2D eigenvalue weighted by atomic mass is 10.2. The Hall–Kier alpha value is -1.63. The minimum atomic E-state index is -0.243. The molecular formula is C13H15ClN4OS. The van der Waals surface area contributed by atoms with Crippen LogP contribution in [-0.2, 0) is 0 Å². The van der Waals surface area contributed by atoms with Crippen LogP contribution in [0.1, 0.15) is 28.3 Å². The number of hydrogen-bond acceptors (Lipinski definition) is 5. The third kappa shape index (κ3) is 2.92. The number of amides is 1. The average molecular weight is 311 g/mol. The van der Waals surface area contributed by atoms with Crippen LogP contribution in [-0.4, -0.2) is 22.8 Å². The van der Waals surface area contributed by atoms with Crippen LogP contribution in [0.3, 0.4) is 0 Å². The second-order valence-electron chi connectivity index (χ2n) is 4.28. The van der Waals surface area contributed by atoms with Gasteiger partial charge in [0.25, 0.3) is 5.91 Å². The van der Waals surface area contributed by atoms with E-state index in [0.29, 0.717) is 10.8 Å². The van der Waals surface area contributed by atoms with Crippen molar-refractivity contribution in [3.63, 3.8) is 0 Å². The van der Waals surface area contributed by atoms with Crippen LogP contribution in [0.2, 0.25) is 5.02 Å². The van der Waals surface area contributed by atoms with Crippen LogP contribution in [0, 0.1) is 0 Å². The minimum absolute atomic E-state index is 0.0464. The molecule has 0 saturated carbocycles. The zero-order chi connectivity index (χ0) is 14.7. The molecule has 0 spiro atoms. The number of carbonyl (C=O) groups excluding carboxylic acids is 1. The first-order valence-electron chi connectivity index (χ1n) is 5.98. The number of halogens is 1. The lowest BCUT2D eigenvalue weighted by molar-refractivity contribution is 0.0739. The molecule has 0 fully saturated rings. The van der Waals surface area contributed by atoms with Crippen LogP contribution in [0.15, 0.2) is 29.6 Å². The van der Waals surface area contributed by atoms with Gasteiger partial charge < -0.3 is 10.3 Å². The van der Waals surface area contributed by atoms with Crippen LogP contribution >= 0.6 is 22.9 Å². The van der Waals surface area contributed by atoms with Crippen molar-refractivity contribution >= 4 is 34.7 Å². The molecule has 2 heterocycles. The number of thiophene rings is 1. The van der Waals surface area contributed by atoms with Gasteiger partial charge in [0.1, 0.15) is 11.5 Å². The Labute approximate surface area is 126 Å². The normalized spacial score (nSPS) is 12.0. The van der Waals surface area contributed by atoms with Gasteiger partial charge in [-0.1, -0.05) is 17.7 Å². The topological polar surface area (TPSA) is 71.2 Å². The highest BCUT2D eigenvalue weighted by atomic mass is 35.5. The fraction of sp³-hybridized carbons (Fsp3) is 0.231. The fourth-order valence-electron chi connectivity index (χ4n) is 1.74. The van der Waals surface area contributed by atoms with Gasteiger partial charge in [-0.15, -0.1) is 11.3 Å². The summed E-state index contributed by atoms with van der Waals surface area (Å²) in [5.74, 6) is 5.46. The second-order valence-corrected chi connectivity index (χ2v) is 5.67. The van der Waals surface area contributed by atoms with E-state index < -0.39 is 0 Å². The van der Waals surface area contributed by atoms with Crippen molar-refractivity contribution in [1.82, 2.24) is 9.88 Å². The SMILES string of the molecule is CC(c1cccs1)N(C)C(=O)c1nc(NN)ccc1Cl. The summed E-state index contributed by atoms with van der Waals surface area (Å²) in [6, 6.07) is 7.11. The first kappa shape index (κ1) is 14.8. The van der Waals surface area contributed by atoms with Crippen molar-refractivity contribution in [2.75, 3.05) is 12.5 Å². The van der Waals surface area contributed by atoms with E-state index in [-0.39, 0.29) is 17.6 Å². The van der Waals surface area contributed by atoms with Crippen molar-refractivity contribution in [2.24, 2.45) is 5.84 Å². The number of nitrogen functional groups attached to an aromatic ring is 1. The molecule has 3 N–H and O–H groups in total. The average Bonchev–Trinajstić information content (AvgIpc) is 2.99. The van der Waals surface area contributed by atoms with Gasteiger partial charge in [0.15, 0.2) is 0 Å².